The average Bonchev–Trinajstić information content (AvgIpc) is 2.65. The van der Waals surface area contributed by atoms with Gasteiger partial charge in [-0.3, -0.25) is 4.57 Å². The van der Waals surface area contributed by atoms with E-state index in [2.05, 4.69) is 25.9 Å². The monoisotopic (exact) mass is 357 g/mol. The van der Waals surface area contributed by atoms with Crippen LogP contribution in [0.4, 0.5) is 4.39 Å². The fraction of sp³-hybridized carbons (Fsp3) is 0. The Labute approximate surface area is 126 Å². The smallest absolute Gasteiger partial charge is 0.184 e. The molecule has 3 aromatic rings. The molecule has 0 fully saturated rings. The first-order valence-electron chi connectivity index (χ1n) is 5.28. The molecule has 96 valence electrons. The average molecular weight is 359 g/mol. The van der Waals surface area contributed by atoms with Gasteiger partial charge in [-0.05, 0) is 36.5 Å². The molecule has 0 unspecified atom stereocenters. The van der Waals surface area contributed by atoms with Gasteiger partial charge < -0.3 is 4.98 Å². The van der Waals surface area contributed by atoms with Crippen LogP contribution in [0.1, 0.15) is 0 Å². The molecular weight excluding hydrogens is 353 g/mol. The molecule has 3 nitrogen and oxygen atoms in total. The summed E-state index contributed by atoms with van der Waals surface area (Å²) in [6, 6.07) is 6.46. The Morgan fingerprint density at radius 3 is 2.89 bits per heavy atom. The molecule has 0 radical (unpaired) electrons. The van der Waals surface area contributed by atoms with Crippen molar-refractivity contribution >= 4 is 50.9 Å². The summed E-state index contributed by atoms with van der Waals surface area (Å²) in [5, 5.41) is 0.493. The summed E-state index contributed by atoms with van der Waals surface area (Å²) in [5.74, 6) is -0.386. The van der Waals surface area contributed by atoms with Crippen LogP contribution in [-0.4, -0.2) is 14.5 Å². The molecule has 3 rings (SSSR count). The highest BCUT2D eigenvalue weighted by molar-refractivity contribution is 9.10. The van der Waals surface area contributed by atoms with Crippen molar-refractivity contribution in [1.82, 2.24) is 14.5 Å². The number of hydrogen-bond acceptors (Lipinski definition) is 2. The van der Waals surface area contributed by atoms with Crippen LogP contribution < -0.4 is 0 Å². The van der Waals surface area contributed by atoms with Crippen molar-refractivity contribution < 1.29 is 4.39 Å². The number of pyridine rings is 1. The summed E-state index contributed by atoms with van der Waals surface area (Å²) in [7, 11) is 0. The quantitative estimate of drug-likeness (QED) is 0.643. The predicted molar refractivity (Wildman–Crippen MR) is 78.9 cm³/mol. The molecule has 1 aromatic carbocycles. The molecule has 19 heavy (non-hydrogen) atoms. The van der Waals surface area contributed by atoms with Gasteiger partial charge in [0, 0.05) is 10.7 Å². The number of rotatable bonds is 1. The number of aromatic amines is 1. The second kappa shape index (κ2) is 4.70. The molecule has 0 saturated heterocycles. The molecule has 0 saturated carbocycles. The zero-order valence-corrected chi connectivity index (χ0v) is 12.5. The summed E-state index contributed by atoms with van der Waals surface area (Å²) < 4.78 is 16.6. The van der Waals surface area contributed by atoms with Crippen molar-refractivity contribution in [2.24, 2.45) is 0 Å². The van der Waals surface area contributed by atoms with Crippen LogP contribution in [0.2, 0.25) is 5.02 Å². The summed E-state index contributed by atoms with van der Waals surface area (Å²) in [4.78, 5) is 7.16. The summed E-state index contributed by atoms with van der Waals surface area (Å²) >= 11 is 14.3. The third-order valence-corrected chi connectivity index (χ3v) is 3.63. The minimum atomic E-state index is -0.386. The van der Waals surface area contributed by atoms with Gasteiger partial charge in [-0.15, -0.1) is 0 Å². The number of nitrogens with one attached hydrogen (secondary N) is 1. The highest BCUT2D eigenvalue weighted by atomic mass is 79.9. The zero-order valence-electron chi connectivity index (χ0n) is 9.32. The van der Waals surface area contributed by atoms with Gasteiger partial charge in [0.25, 0.3) is 0 Å². The maximum Gasteiger partial charge on any atom is 0.184 e. The summed E-state index contributed by atoms with van der Waals surface area (Å²) in [6.45, 7) is 0. The fourth-order valence-corrected chi connectivity index (χ4v) is 2.64. The molecule has 2 aromatic heterocycles. The summed E-state index contributed by atoms with van der Waals surface area (Å²) in [6.07, 6.45) is 1.50. The third-order valence-electron chi connectivity index (χ3n) is 2.64. The SMILES string of the molecule is Fc1cc(Br)ccc1-n1c(=S)[nH]c2cc(Cl)cnc21. The highest BCUT2D eigenvalue weighted by Gasteiger charge is 2.12. The van der Waals surface area contributed by atoms with Gasteiger partial charge in [-0.25, -0.2) is 9.37 Å². The van der Waals surface area contributed by atoms with Gasteiger partial charge in [0.05, 0.1) is 16.2 Å². The molecule has 2 heterocycles. The molecule has 7 heteroatoms. The van der Waals surface area contributed by atoms with E-state index in [0.717, 1.165) is 0 Å². The minimum Gasteiger partial charge on any atom is -0.329 e. The van der Waals surface area contributed by atoms with Gasteiger partial charge in [-0.1, -0.05) is 27.5 Å². The first-order valence-corrected chi connectivity index (χ1v) is 6.86. The molecule has 0 bridgehead atoms. The van der Waals surface area contributed by atoms with Crippen LogP contribution in [-0.2, 0) is 0 Å². The number of halogens is 3. The van der Waals surface area contributed by atoms with E-state index in [-0.39, 0.29) is 5.82 Å². The van der Waals surface area contributed by atoms with Crippen molar-refractivity contribution in [3.8, 4) is 5.69 Å². The van der Waals surface area contributed by atoms with Gasteiger partial charge in [0.2, 0.25) is 0 Å². The number of fused-ring (bicyclic) bond motifs is 1. The minimum absolute atomic E-state index is 0.342. The molecule has 1 N–H and O–H groups in total. The Bertz CT molecular complexity index is 843. The van der Waals surface area contributed by atoms with E-state index in [0.29, 0.717) is 31.1 Å². The molecule has 0 aliphatic carbocycles. The molecule has 0 aliphatic heterocycles. The topological polar surface area (TPSA) is 33.6 Å². The number of aromatic nitrogens is 3. The number of imidazole rings is 1. The van der Waals surface area contributed by atoms with Gasteiger partial charge >= 0.3 is 0 Å². The van der Waals surface area contributed by atoms with Crippen molar-refractivity contribution in [3.63, 3.8) is 0 Å². The molecule has 0 spiro atoms. The Hall–Kier alpha value is -1.24. The standard InChI is InChI=1S/C12H6BrClFN3S/c13-6-1-2-10(8(15)3-6)18-11-9(17-12(18)19)4-7(14)5-16-11/h1-5H,(H,17,19). The van der Waals surface area contributed by atoms with E-state index in [1.807, 2.05) is 0 Å². The summed E-state index contributed by atoms with van der Waals surface area (Å²) in [5.41, 5.74) is 1.55. The van der Waals surface area contributed by atoms with E-state index >= 15 is 0 Å². The van der Waals surface area contributed by atoms with Gasteiger partial charge in [0.1, 0.15) is 5.82 Å². The van der Waals surface area contributed by atoms with Crippen LogP contribution in [0, 0.1) is 10.6 Å². The lowest BCUT2D eigenvalue weighted by Crippen LogP contribution is -1.98. The Morgan fingerprint density at radius 2 is 2.16 bits per heavy atom. The van der Waals surface area contributed by atoms with E-state index in [1.165, 1.54) is 12.3 Å². The van der Waals surface area contributed by atoms with Crippen molar-refractivity contribution in [3.05, 3.63) is 50.5 Å². The zero-order chi connectivity index (χ0) is 13.6. The number of H-pyrrole nitrogens is 1. The first-order chi connectivity index (χ1) is 9.06. The van der Waals surface area contributed by atoms with Crippen LogP contribution in [0.15, 0.2) is 34.9 Å². The highest BCUT2D eigenvalue weighted by Crippen LogP contribution is 2.24. The van der Waals surface area contributed by atoms with Gasteiger partial charge in [0.15, 0.2) is 10.4 Å². The van der Waals surface area contributed by atoms with Crippen LogP contribution in [0.3, 0.4) is 0 Å². The second-order valence-electron chi connectivity index (χ2n) is 3.89. The Morgan fingerprint density at radius 1 is 1.37 bits per heavy atom. The number of hydrogen-bond donors (Lipinski definition) is 1. The maximum absolute atomic E-state index is 14.0. The fourth-order valence-electron chi connectivity index (χ4n) is 1.86. The van der Waals surface area contributed by atoms with E-state index in [1.54, 1.807) is 22.8 Å². The lowest BCUT2D eigenvalue weighted by atomic mass is 10.3. The van der Waals surface area contributed by atoms with Crippen LogP contribution >= 0.6 is 39.7 Å². The van der Waals surface area contributed by atoms with E-state index in [4.69, 9.17) is 23.8 Å². The largest absolute Gasteiger partial charge is 0.329 e. The van der Waals surface area contributed by atoms with Gasteiger partial charge in [-0.2, -0.15) is 0 Å². The second-order valence-corrected chi connectivity index (χ2v) is 5.62. The first kappa shape index (κ1) is 12.8. The van der Waals surface area contributed by atoms with Crippen molar-refractivity contribution in [2.75, 3.05) is 0 Å². The van der Waals surface area contributed by atoms with Crippen molar-refractivity contribution in [1.29, 1.82) is 0 Å². The molecular formula is C12H6BrClFN3S. The van der Waals surface area contributed by atoms with E-state index < -0.39 is 0 Å². The number of benzene rings is 1. The lowest BCUT2D eigenvalue weighted by Gasteiger charge is -2.05. The van der Waals surface area contributed by atoms with Crippen LogP contribution in [0.25, 0.3) is 16.9 Å². The van der Waals surface area contributed by atoms with Crippen molar-refractivity contribution in [2.45, 2.75) is 0 Å². The molecule has 0 atom stereocenters. The molecule has 0 aliphatic rings. The maximum atomic E-state index is 14.0. The molecule has 0 amide bonds. The predicted octanol–water partition coefficient (Wildman–Crippen LogP) is 4.64. The normalized spacial score (nSPS) is 11.1. The Kier molecular flexibility index (Phi) is 3.16. The lowest BCUT2D eigenvalue weighted by molar-refractivity contribution is 0.617. The van der Waals surface area contributed by atoms with E-state index in [9.17, 15) is 4.39 Å². The van der Waals surface area contributed by atoms with Crippen LogP contribution in [0.5, 0.6) is 0 Å². The third kappa shape index (κ3) is 2.20. The number of nitrogens with zero attached hydrogens (tertiary/aromatic N) is 2. The Balaban J connectivity index is 2.36.